The Morgan fingerprint density at radius 1 is 1.50 bits per heavy atom. The fraction of sp³-hybridized carbons (Fsp3) is 0.250. The fourth-order valence-corrected chi connectivity index (χ4v) is 0.819. The molecule has 0 N–H and O–H groups in total. The summed E-state index contributed by atoms with van der Waals surface area (Å²) in [6.07, 6.45) is 1.55. The van der Waals surface area contributed by atoms with Gasteiger partial charge in [0, 0.05) is 6.20 Å². The topological polar surface area (TPSA) is 48.4 Å². The molecule has 64 valence electrons. The van der Waals surface area contributed by atoms with Gasteiger partial charge in [-0.05, 0) is 12.1 Å². The van der Waals surface area contributed by atoms with Gasteiger partial charge in [-0.1, -0.05) is 0 Å². The van der Waals surface area contributed by atoms with E-state index >= 15 is 0 Å². The summed E-state index contributed by atoms with van der Waals surface area (Å²) in [5.74, 6) is -0.163. The summed E-state index contributed by atoms with van der Waals surface area (Å²) in [5, 5.41) is 0. The monoisotopic (exact) mass is 167 g/mol. The van der Waals surface area contributed by atoms with Crippen molar-refractivity contribution >= 4 is 5.97 Å². The van der Waals surface area contributed by atoms with Crippen LogP contribution >= 0.6 is 0 Å². The van der Waals surface area contributed by atoms with E-state index in [2.05, 4.69) is 9.72 Å². The van der Waals surface area contributed by atoms with Crippen molar-refractivity contribution in [3.63, 3.8) is 0 Å². The van der Waals surface area contributed by atoms with Gasteiger partial charge in [-0.25, -0.2) is 9.78 Å². The van der Waals surface area contributed by atoms with E-state index < -0.39 is 5.97 Å². The van der Waals surface area contributed by atoms with Gasteiger partial charge in [-0.2, -0.15) is 0 Å². The lowest BCUT2D eigenvalue weighted by Gasteiger charge is -2.03. The van der Waals surface area contributed by atoms with Crippen LogP contribution in [0.5, 0.6) is 5.88 Å². The summed E-state index contributed by atoms with van der Waals surface area (Å²) in [7, 11) is 2.77. The van der Waals surface area contributed by atoms with Gasteiger partial charge >= 0.3 is 5.97 Å². The minimum atomic E-state index is -0.444. The second-order valence-electron chi connectivity index (χ2n) is 2.05. The molecule has 0 amide bonds. The highest BCUT2D eigenvalue weighted by Crippen LogP contribution is 2.13. The Balaban J connectivity index is 3.04. The number of pyridine rings is 1. The molecule has 0 unspecified atom stereocenters. The molecule has 0 bridgehead atoms. The third-order valence-electron chi connectivity index (χ3n) is 1.37. The van der Waals surface area contributed by atoms with Crippen LogP contribution in [0.3, 0.4) is 0 Å². The molecule has 12 heavy (non-hydrogen) atoms. The van der Waals surface area contributed by atoms with E-state index in [0.29, 0.717) is 5.56 Å². The number of nitrogens with zero attached hydrogens (tertiary/aromatic N) is 1. The molecule has 0 aliphatic heterocycles. The molecule has 1 aromatic heterocycles. The lowest BCUT2D eigenvalue weighted by atomic mass is 10.3. The summed E-state index contributed by atoms with van der Waals surface area (Å²) in [6, 6.07) is 3.24. The Bertz CT molecular complexity index is 285. The van der Waals surface area contributed by atoms with Crippen molar-refractivity contribution in [2.45, 2.75) is 0 Å². The Morgan fingerprint density at radius 2 is 2.25 bits per heavy atom. The average Bonchev–Trinajstić information content (AvgIpc) is 2.16. The van der Waals surface area contributed by atoms with Crippen molar-refractivity contribution in [1.29, 1.82) is 0 Å². The van der Waals surface area contributed by atoms with E-state index in [1.165, 1.54) is 14.2 Å². The van der Waals surface area contributed by atoms with Gasteiger partial charge < -0.3 is 9.47 Å². The molecule has 0 atom stereocenters. The van der Waals surface area contributed by atoms with Gasteiger partial charge in [0.15, 0.2) is 0 Å². The zero-order valence-corrected chi connectivity index (χ0v) is 6.90. The van der Waals surface area contributed by atoms with Crippen LogP contribution in [-0.4, -0.2) is 25.2 Å². The molecule has 1 heterocycles. The van der Waals surface area contributed by atoms with Gasteiger partial charge in [0.25, 0.3) is 0 Å². The summed E-state index contributed by atoms with van der Waals surface area (Å²) in [6.45, 7) is 0. The lowest BCUT2D eigenvalue weighted by molar-refractivity contribution is 0.0596. The van der Waals surface area contributed by atoms with E-state index in [1.807, 2.05) is 0 Å². The fourth-order valence-electron chi connectivity index (χ4n) is 0.819. The molecule has 0 saturated heterocycles. The number of rotatable bonds is 2. The van der Waals surface area contributed by atoms with Crippen LogP contribution in [0.2, 0.25) is 0 Å². The molecule has 4 heteroatoms. The van der Waals surface area contributed by atoms with Crippen LogP contribution in [0.25, 0.3) is 0 Å². The van der Waals surface area contributed by atoms with Crippen molar-refractivity contribution in [1.82, 2.24) is 4.98 Å². The largest absolute Gasteiger partial charge is 0.480 e. The van der Waals surface area contributed by atoms with Gasteiger partial charge in [0.2, 0.25) is 5.88 Å². The van der Waals surface area contributed by atoms with Crippen LogP contribution in [-0.2, 0) is 4.74 Å². The zero-order valence-electron chi connectivity index (χ0n) is 6.90. The van der Waals surface area contributed by atoms with Crippen LogP contribution in [0, 0.1) is 0 Å². The van der Waals surface area contributed by atoms with Crippen LogP contribution in [0.15, 0.2) is 18.3 Å². The summed E-state index contributed by atoms with van der Waals surface area (Å²) in [4.78, 5) is 14.9. The first-order valence-electron chi connectivity index (χ1n) is 3.37. The number of carbonyl (C=O) groups is 1. The van der Waals surface area contributed by atoms with Crippen molar-refractivity contribution in [3.8, 4) is 5.88 Å². The Kier molecular flexibility index (Phi) is 2.63. The number of hydrogen-bond donors (Lipinski definition) is 0. The molecule has 0 aliphatic carbocycles. The highest BCUT2D eigenvalue weighted by Gasteiger charge is 2.11. The SMILES string of the molecule is COC(=O)c1cccnc1OC. The molecular weight excluding hydrogens is 158 g/mol. The van der Waals surface area contributed by atoms with E-state index in [1.54, 1.807) is 18.3 Å². The molecule has 0 spiro atoms. The van der Waals surface area contributed by atoms with Crippen LogP contribution < -0.4 is 4.74 Å². The zero-order chi connectivity index (χ0) is 8.97. The van der Waals surface area contributed by atoms with Gasteiger partial charge in [0.1, 0.15) is 5.56 Å². The molecule has 0 fully saturated rings. The summed E-state index contributed by atoms with van der Waals surface area (Å²) >= 11 is 0. The van der Waals surface area contributed by atoms with Gasteiger partial charge in [0.05, 0.1) is 14.2 Å². The first-order chi connectivity index (χ1) is 5.79. The lowest BCUT2D eigenvalue weighted by Crippen LogP contribution is -2.04. The van der Waals surface area contributed by atoms with Crippen LogP contribution in [0.1, 0.15) is 10.4 Å². The minimum absolute atomic E-state index is 0.282. The molecule has 0 aromatic carbocycles. The maximum Gasteiger partial charge on any atom is 0.343 e. The number of ether oxygens (including phenoxy) is 2. The predicted octanol–water partition coefficient (Wildman–Crippen LogP) is 0.877. The number of hydrogen-bond acceptors (Lipinski definition) is 4. The minimum Gasteiger partial charge on any atom is -0.480 e. The standard InChI is InChI=1S/C8H9NO3/c1-11-7-6(8(10)12-2)4-3-5-9-7/h3-5H,1-2H3. The number of carbonyl (C=O) groups excluding carboxylic acids is 1. The van der Waals surface area contributed by atoms with Crippen molar-refractivity contribution < 1.29 is 14.3 Å². The second kappa shape index (κ2) is 3.71. The third kappa shape index (κ3) is 1.53. The van der Waals surface area contributed by atoms with E-state index in [4.69, 9.17) is 4.74 Å². The quantitative estimate of drug-likeness (QED) is 0.613. The number of aromatic nitrogens is 1. The molecule has 0 radical (unpaired) electrons. The predicted molar refractivity (Wildman–Crippen MR) is 42.1 cm³/mol. The highest BCUT2D eigenvalue weighted by molar-refractivity contribution is 5.91. The highest BCUT2D eigenvalue weighted by atomic mass is 16.5. The Hall–Kier alpha value is -1.58. The normalized spacial score (nSPS) is 9.17. The molecule has 0 aliphatic rings. The molecule has 4 nitrogen and oxygen atoms in total. The molecule has 0 saturated carbocycles. The van der Waals surface area contributed by atoms with Crippen LogP contribution in [0.4, 0.5) is 0 Å². The molecule has 1 aromatic rings. The summed E-state index contributed by atoms with van der Waals surface area (Å²) in [5.41, 5.74) is 0.336. The Labute approximate surface area is 70.1 Å². The van der Waals surface area contributed by atoms with Gasteiger partial charge in [-0.3, -0.25) is 0 Å². The Morgan fingerprint density at radius 3 is 2.83 bits per heavy atom. The third-order valence-corrected chi connectivity index (χ3v) is 1.37. The number of esters is 1. The maximum atomic E-state index is 11.1. The van der Waals surface area contributed by atoms with Crippen molar-refractivity contribution in [2.75, 3.05) is 14.2 Å². The van der Waals surface area contributed by atoms with E-state index in [9.17, 15) is 4.79 Å². The first-order valence-corrected chi connectivity index (χ1v) is 3.37. The molecule has 1 rings (SSSR count). The smallest absolute Gasteiger partial charge is 0.343 e. The average molecular weight is 167 g/mol. The molecular formula is C8H9NO3. The van der Waals surface area contributed by atoms with E-state index in [0.717, 1.165) is 0 Å². The maximum absolute atomic E-state index is 11.1. The van der Waals surface area contributed by atoms with Crippen molar-refractivity contribution in [3.05, 3.63) is 23.9 Å². The van der Waals surface area contributed by atoms with Gasteiger partial charge in [-0.15, -0.1) is 0 Å². The second-order valence-corrected chi connectivity index (χ2v) is 2.05. The number of methoxy groups -OCH3 is 2. The first kappa shape index (κ1) is 8.52. The van der Waals surface area contributed by atoms with E-state index in [-0.39, 0.29) is 5.88 Å². The van der Waals surface area contributed by atoms with Crippen molar-refractivity contribution in [2.24, 2.45) is 0 Å². The summed E-state index contributed by atoms with van der Waals surface area (Å²) < 4.78 is 9.38.